The molecule has 1 amide bonds. The minimum absolute atomic E-state index is 0. The number of carbonyl (C=O) groups excluding carboxylic acids is 1. The van der Waals surface area contributed by atoms with Gasteiger partial charge < -0.3 is 15.4 Å². The van der Waals surface area contributed by atoms with Crippen LogP contribution >= 0.6 is 24.8 Å². The third-order valence-electron chi connectivity index (χ3n) is 5.48. The lowest BCUT2D eigenvalue weighted by atomic mass is 9.85. The van der Waals surface area contributed by atoms with Gasteiger partial charge in [-0.05, 0) is 49.4 Å². The molecule has 2 aromatic rings. The molecule has 2 N–H and O–H groups in total. The Kier molecular flexibility index (Phi) is 8.68. The maximum Gasteiger partial charge on any atom is 0.241 e. The van der Waals surface area contributed by atoms with Gasteiger partial charge in [-0.25, -0.2) is 4.39 Å². The van der Waals surface area contributed by atoms with Crippen LogP contribution in [0.25, 0.3) is 0 Å². The van der Waals surface area contributed by atoms with Gasteiger partial charge in [0, 0.05) is 24.0 Å². The molecular formula is C21H26Cl2FN3O2. The molecule has 2 aliphatic rings. The Hall–Kier alpha value is -1.89. The molecule has 158 valence electrons. The maximum atomic E-state index is 14.3. The van der Waals surface area contributed by atoms with Gasteiger partial charge in [-0.1, -0.05) is 18.9 Å². The molecule has 29 heavy (non-hydrogen) atoms. The summed E-state index contributed by atoms with van der Waals surface area (Å²) in [5, 5.41) is 6.27. The number of pyridine rings is 1. The fourth-order valence-corrected chi connectivity index (χ4v) is 4.08. The van der Waals surface area contributed by atoms with E-state index in [1.165, 1.54) is 31.4 Å². The van der Waals surface area contributed by atoms with Crippen LogP contribution in [0.2, 0.25) is 0 Å². The lowest BCUT2D eigenvalue weighted by molar-refractivity contribution is -0.117. The van der Waals surface area contributed by atoms with Crippen LogP contribution in [0.5, 0.6) is 5.75 Å². The summed E-state index contributed by atoms with van der Waals surface area (Å²) in [6.07, 6.45) is 7.35. The lowest BCUT2D eigenvalue weighted by Crippen LogP contribution is -2.39. The third kappa shape index (κ3) is 5.81. The molecule has 8 heteroatoms. The van der Waals surface area contributed by atoms with Crippen molar-refractivity contribution in [2.45, 2.75) is 50.8 Å². The number of rotatable bonds is 5. The Morgan fingerprint density at radius 2 is 2.03 bits per heavy atom. The number of hydrogen-bond acceptors (Lipinski definition) is 4. The second-order valence-corrected chi connectivity index (χ2v) is 7.35. The highest BCUT2D eigenvalue weighted by atomic mass is 35.5. The molecule has 2 fully saturated rings. The van der Waals surface area contributed by atoms with Gasteiger partial charge in [0.1, 0.15) is 6.61 Å². The highest BCUT2D eigenvalue weighted by molar-refractivity contribution is 5.95. The molecule has 2 heterocycles. The van der Waals surface area contributed by atoms with Gasteiger partial charge in [0.25, 0.3) is 0 Å². The zero-order valence-electron chi connectivity index (χ0n) is 16.0. The zero-order chi connectivity index (χ0) is 18.6. The standard InChI is InChI=1S/C21H24FN3O2.2ClH/c22-17-12-15(8-9-20(17)27-13-16-6-3-4-10-23-16)24-21(26)19-11-14-5-1-2-7-18(14)25-19;;/h3-4,6,8-10,12,14,18-19,25H,1-2,5,7,11,13H2,(H,24,26);2*1H. The average Bonchev–Trinajstić information content (AvgIpc) is 3.13. The number of nitrogens with one attached hydrogen (secondary N) is 2. The SMILES string of the molecule is Cl.Cl.O=C(Nc1ccc(OCc2ccccn2)c(F)c1)C1CC2CCCCC2N1. The number of halogens is 3. The number of amides is 1. The molecule has 1 aliphatic heterocycles. The summed E-state index contributed by atoms with van der Waals surface area (Å²) < 4.78 is 19.8. The van der Waals surface area contributed by atoms with Gasteiger partial charge in [0.15, 0.2) is 11.6 Å². The summed E-state index contributed by atoms with van der Waals surface area (Å²) in [5.74, 6) is 0.139. The minimum atomic E-state index is -0.503. The molecule has 5 nitrogen and oxygen atoms in total. The first-order valence-corrected chi connectivity index (χ1v) is 9.58. The topological polar surface area (TPSA) is 63.2 Å². The van der Waals surface area contributed by atoms with Crippen molar-refractivity contribution in [3.8, 4) is 5.75 Å². The molecule has 4 rings (SSSR count). The monoisotopic (exact) mass is 441 g/mol. The van der Waals surface area contributed by atoms with E-state index in [0.29, 0.717) is 17.6 Å². The number of aromatic nitrogens is 1. The van der Waals surface area contributed by atoms with Crippen LogP contribution in [0.1, 0.15) is 37.8 Å². The van der Waals surface area contributed by atoms with Crippen molar-refractivity contribution in [1.29, 1.82) is 0 Å². The van der Waals surface area contributed by atoms with E-state index in [2.05, 4.69) is 15.6 Å². The van der Waals surface area contributed by atoms with Crippen molar-refractivity contribution in [2.75, 3.05) is 5.32 Å². The van der Waals surface area contributed by atoms with Crippen LogP contribution in [-0.2, 0) is 11.4 Å². The normalized spacial score (nSPS) is 22.6. The minimum Gasteiger partial charge on any atom is -0.484 e. The van der Waals surface area contributed by atoms with E-state index in [1.54, 1.807) is 12.3 Å². The number of hydrogen-bond donors (Lipinski definition) is 2. The largest absolute Gasteiger partial charge is 0.484 e. The Balaban J connectivity index is 0.00000150. The van der Waals surface area contributed by atoms with Crippen molar-refractivity contribution >= 4 is 36.4 Å². The molecule has 3 unspecified atom stereocenters. The summed E-state index contributed by atoms with van der Waals surface area (Å²) in [7, 11) is 0. The van der Waals surface area contributed by atoms with E-state index in [0.717, 1.165) is 18.5 Å². The van der Waals surface area contributed by atoms with Crippen molar-refractivity contribution < 1.29 is 13.9 Å². The van der Waals surface area contributed by atoms with Crippen molar-refractivity contribution in [1.82, 2.24) is 10.3 Å². The van der Waals surface area contributed by atoms with Crippen LogP contribution in [0, 0.1) is 11.7 Å². The Labute approximate surface area is 182 Å². The highest BCUT2D eigenvalue weighted by Crippen LogP contribution is 2.33. The highest BCUT2D eigenvalue weighted by Gasteiger charge is 2.38. The summed E-state index contributed by atoms with van der Waals surface area (Å²) in [5.41, 5.74) is 1.17. The zero-order valence-corrected chi connectivity index (χ0v) is 17.6. The predicted octanol–water partition coefficient (Wildman–Crippen LogP) is 4.50. The average molecular weight is 442 g/mol. The molecule has 0 spiro atoms. The van der Waals surface area contributed by atoms with Gasteiger partial charge in [0.2, 0.25) is 5.91 Å². The number of fused-ring (bicyclic) bond motifs is 1. The van der Waals surface area contributed by atoms with Crippen molar-refractivity contribution in [3.63, 3.8) is 0 Å². The quantitative estimate of drug-likeness (QED) is 0.716. The number of ether oxygens (including phenoxy) is 1. The Bertz CT molecular complexity index is 796. The number of benzene rings is 1. The lowest BCUT2D eigenvalue weighted by Gasteiger charge is -2.24. The molecule has 0 bridgehead atoms. The second kappa shape index (κ2) is 10.8. The first-order chi connectivity index (χ1) is 13.2. The van der Waals surface area contributed by atoms with E-state index in [4.69, 9.17) is 4.74 Å². The molecule has 1 saturated carbocycles. The summed E-state index contributed by atoms with van der Waals surface area (Å²) in [4.78, 5) is 16.7. The summed E-state index contributed by atoms with van der Waals surface area (Å²) in [6.45, 7) is 0.193. The molecule has 3 atom stereocenters. The number of nitrogens with zero attached hydrogens (tertiary/aromatic N) is 1. The molecule has 1 saturated heterocycles. The maximum absolute atomic E-state index is 14.3. The van der Waals surface area contributed by atoms with Gasteiger partial charge in [0.05, 0.1) is 11.7 Å². The second-order valence-electron chi connectivity index (χ2n) is 7.35. The van der Waals surface area contributed by atoms with E-state index < -0.39 is 5.82 Å². The van der Waals surface area contributed by atoms with E-state index in [1.807, 2.05) is 18.2 Å². The van der Waals surface area contributed by atoms with Gasteiger partial charge in [-0.2, -0.15) is 0 Å². The van der Waals surface area contributed by atoms with Gasteiger partial charge in [-0.15, -0.1) is 24.8 Å². The van der Waals surface area contributed by atoms with Crippen LogP contribution in [-0.4, -0.2) is 23.0 Å². The van der Waals surface area contributed by atoms with Gasteiger partial charge in [-0.3, -0.25) is 9.78 Å². The molecule has 1 aliphatic carbocycles. The Morgan fingerprint density at radius 1 is 1.21 bits per heavy atom. The van der Waals surface area contributed by atoms with Crippen LogP contribution in [0.3, 0.4) is 0 Å². The van der Waals surface area contributed by atoms with E-state index in [9.17, 15) is 9.18 Å². The van der Waals surface area contributed by atoms with Crippen molar-refractivity contribution in [2.24, 2.45) is 5.92 Å². The van der Waals surface area contributed by atoms with Gasteiger partial charge >= 0.3 is 0 Å². The van der Waals surface area contributed by atoms with Crippen LogP contribution in [0.4, 0.5) is 10.1 Å². The third-order valence-corrected chi connectivity index (χ3v) is 5.48. The molecule has 0 radical (unpaired) electrons. The summed E-state index contributed by atoms with van der Waals surface area (Å²) >= 11 is 0. The fraction of sp³-hybridized carbons (Fsp3) is 0.429. The first-order valence-electron chi connectivity index (χ1n) is 9.58. The van der Waals surface area contributed by atoms with E-state index >= 15 is 0 Å². The molecule has 1 aromatic carbocycles. The van der Waals surface area contributed by atoms with Crippen molar-refractivity contribution in [3.05, 3.63) is 54.1 Å². The smallest absolute Gasteiger partial charge is 0.241 e. The predicted molar refractivity (Wildman–Crippen MR) is 115 cm³/mol. The Morgan fingerprint density at radius 3 is 2.76 bits per heavy atom. The fourth-order valence-electron chi connectivity index (χ4n) is 4.08. The molecule has 1 aromatic heterocycles. The van der Waals surface area contributed by atoms with Crippen LogP contribution < -0.4 is 15.4 Å². The molecular weight excluding hydrogens is 416 g/mol. The summed E-state index contributed by atoms with van der Waals surface area (Å²) in [6, 6.07) is 10.2. The number of carbonyl (C=O) groups is 1. The van der Waals surface area contributed by atoms with Crippen LogP contribution in [0.15, 0.2) is 42.6 Å². The van der Waals surface area contributed by atoms with E-state index in [-0.39, 0.29) is 49.1 Å². The first kappa shape index (κ1) is 23.4. The number of anilines is 1.